The SMILES string of the molecule is CC(C)N(CC(=O)O)S(=O)(=O)c1cccc(C(=O)N(C)C)c1. The zero-order valence-electron chi connectivity index (χ0n) is 13.0. The summed E-state index contributed by atoms with van der Waals surface area (Å²) in [5, 5.41) is 8.89. The Labute approximate surface area is 130 Å². The van der Waals surface area contributed by atoms with Crippen LogP contribution in [0.3, 0.4) is 0 Å². The topological polar surface area (TPSA) is 95.0 Å². The van der Waals surface area contributed by atoms with E-state index in [4.69, 9.17) is 5.11 Å². The van der Waals surface area contributed by atoms with E-state index in [9.17, 15) is 18.0 Å². The van der Waals surface area contributed by atoms with Gasteiger partial charge in [-0.3, -0.25) is 9.59 Å². The van der Waals surface area contributed by atoms with E-state index in [-0.39, 0.29) is 16.4 Å². The lowest BCUT2D eigenvalue weighted by atomic mass is 10.2. The monoisotopic (exact) mass is 328 g/mol. The Kier molecular flexibility index (Phi) is 5.67. The molecule has 0 heterocycles. The second-order valence-electron chi connectivity index (χ2n) is 5.27. The average Bonchev–Trinajstić information content (AvgIpc) is 2.43. The number of rotatable bonds is 6. The molecule has 0 aliphatic rings. The standard InChI is InChI=1S/C14H20N2O5S/c1-10(2)16(9-13(17)18)22(20,21)12-7-5-6-11(8-12)14(19)15(3)4/h5-8,10H,9H2,1-4H3,(H,17,18). The molecule has 8 heteroatoms. The summed E-state index contributed by atoms with van der Waals surface area (Å²) in [6.07, 6.45) is 0. The van der Waals surface area contributed by atoms with Crippen LogP contribution in [0.2, 0.25) is 0 Å². The number of carboxylic acids is 1. The highest BCUT2D eigenvalue weighted by Crippen LogP contribution is 2.19. The lowest BCUT2D eigenvalue weighted by Gasteiger charge is -2.24. The van der Waals surface area contributed by atoms with Crippen molar-refractivity contribution in [1.29, 1.82) is 0 Å². The summed E-state index contributed by atoms with van der Waals surface area (Å²) in [4.78, 5) is 24.1. The van der Waals surface area contributed by atoms with Crippen molar-refractivity contribution in [2.45, 2.75) is 24.8 Å². The quantitative estimate of drug-likeness (QED) is 0.836. The van der Waals surface area contributed by atoms with Crippen LogP contribution in [0.1, 0.15) is 24.2 Å². The largest absolute Gasteiger partial charge is 0.480 e. The van der Waals surface area contributed by atoms with Gasteiger partial charge in [0.15, 0.2) is 0 Å². The van der Waals surface area contributed by atoms with Gasteiger partial charge in [0.1, 0.15) is 6.54 Å². The highest BCUT2D eigenvalue weighted by molar-refractivity contribution is 7.89. The minimum Gasteiger partial charge on any atom is -0.480 e. The normalized spacial score (nSPS) is 11.7. The van der Waals surface area contributed by atoms with E-state index in [0.717, 1.165) is 4.31 Å². The molecular formula is C14H20N2O5S. The number of sulfonamides is 1. The van der Waals surface area contributed by atoms with Crippen LogP contribution in [0.5, 0.6) is 0 Å². The Morgan fingerprint density at radius 2 is 1.82 bits per heavy atom. The van der Waals surface area contributed by atoms with Gasteiger partial charge in [-0.15, -0.1) is 0 Å². The molecule has 0 aromatic heterocycles. The summed E-state index contributed by atoms with van der Waals surface area (Å²) in [7, 11) is -0.868. The molecule has 7 nitrogen and oxygen atoms in total. The lowest BCUT2D eigenvalue weighted by Crippen LogP contribution is -2.40. The van der Waals surface area contributed by atoms with Gasteiger partial charge in [0.25, 0.3) is 5.91 Å². The van der Waals surface area contributed by atoms with Crippen molar-refractivity contribution in [3.05, 3.63) is 29.8 Å². The van der Waals surface area contributed by atoms with E-state index < -0.39 is 28.6 Å². The molecule has 0 saturated heterocycles. The predicted molar refractivity (Wildman–Crippen MR) is 81.1 cm³/mol. The zero-order chi connectivity index (χ0) is 17.1. The molecule has 0 atom stereocenters. The third-order valence-corrected chi connectivity index (χ3v) is 4.98. The summed E-state index contributed by atoms with van der Waals surface area (Å²) in [5.41, 5.74) is 0.227. The Bertz CT molecular complexity index is 668. The van der Waals surface area contributed by atoms with Gasteiger partial charge in [0, 0.05) is 25.7 Å². The molecule has 1 rings (SSSR count). The fourth-order valence-electron chi connectivity index (χ4n) is 1.86. The maximum atomic E-state index is 12.6. The molecule has 0 unspecified atom stereocenters. The van der Waals surface area contributed by atoms with Crippen LogP contribution in [-0.4, -0.2) is 61.3 Å². The summed E-state index contributed by atoms with van der Waals surface area (Å²) in [5.74, 6) is -1.57. The molecule has 0 aliphatic carbocycles. The number of carbonyl (C=O) groups is 2. The van der Waals surface area contributed by atoms with Crippen molar-refractivity contribution in [2.75, 3.05) is 20.6 Å². The van der Waals surface area contributed by atoms with Crippen molar-refractivity contribution in [1.82, 2.24) is 9.21 Å². The van der Waals surface area contributed by atoms with Crippen LogP contribution in [0.25, 0.3) is 0 Å². The Balaban J connectivity index is 3.30. The maximum absolute atomic E-state index is 12.6. The van der Waals surface area contributed by atoms with E-state index in [2.05, 4.69) is 0 Å². The fourth-order valence-corrected chi connectivity index (χ4v) is 3.49. The number of nitrogens with zero attached hydrogens (tertiary/aromatic N) is 2. The van der Waals surface area contributed by atoms with Gasteiger partial charge in [0.05, 0.1) is 4.90 Å². The van der Waals surface area contributed by atoms with Gasteiger partial charge in [-0.05, 0) is 32.0 Å². The van der Waals surface area contributed by atoms with Crippen LogP contribution >= 0.6 is 0 Å². The van der Waals surface area contributed by atoms with Crippen molar-refractivity contribution in [3.63, 3.8) is 0 Å². The van der Waals surface area contributed by atoms with E-state index in [1.165, 1.54) is 29.2 Å². The number of carbonyl (C=O) groups excluding carboxylic acids is 1. The van der Waals surface area contributed by atoms with Crippen molar-refractivity contribution in [3.8, 4) is 0 Å². The van der Waals surface area contributed by atoms with Crippen LogP contribution in [0.15, 0.2) is 29.2 Å². The lowest BCUT2D eigenvalue weighted by molar-refractivity contribution is -0.137. The molecule has 0 spiro atoms. The molecule has 0 bridgehead atoms. The molecule has 0 fully saturated rings. The Hall–Kier alpha value is -1.93. The minimum absolute atomic E-state index is 0.102. The van der Waals surface area contributed by atoms with Gasteiger partial charge >= 0.3 is 5.97 Å². The van der Waals surface area contributed by atoms with Gasteiger partial charge in [-0.1, -0.05) is 6.07 Å². The maximum Gasteiger partial charge on any atom is 0.318 e. The van der Waals surface area contributed by atoms with Gasteiger partial charge in [-0.25, -0.2) is 8.42 Å². The number of hydrogen-bond donors (Lipinski definition) is 1. The Morgan fingerprint density at radius 1 is 1.23 bits per heavy atom. The zero-order valence-corrected chi connectivity index (χ0v) is 13.8. The number of carboxylic acid groups (broad SMARTS) is 1. The summed E-state index contributed by atoms with van der Waals surface area (Å²) >= 11 is 0. The van der Waals surface area contributed by atoms with Gasteiger partial charge in [-0.2, -0.15) is 4.31 Å². The van der Waals surface area contributed by atoms with Crippen molar-refractivity contribution in [2.24, 2.45) is 0 Å². The average molecular weight is 328 g/mol. The van der Waals surface area contributed by atoms with E-state index in [1.54, 1.807) is 27.9 Å². The molecule has 0 aliphatic heterocycles. The summed E-state index contributed by atoms with van der Waals surface area (Å²) in [6, 6.07) is 5.06. The second-order valence-corrected chi connectivity index (χ2v) is 7.16. The summed E-state index contributed by atoms with van der Waals surface area (Å²) < 4.78 is 26.1. The molecule has 1 aromatic carbocycles. The predicted octanol–water partition coefficient (Wildman–Crippen LogP) is 0.872. The first kappa shape index (κ1) is 18.1. The third kappa shape index (κ3) is 4.05. The highest BCUT2D eigenvalue weighted by Gasteiger charge is 2.29. The van der Waals surface area contributed by atoms with Gasteiger partial charge < -0.3 is 10.0 Å². The molecule has 0 radical (unpaired) electrons. The highest BCUT2D eigenvalue weighted by atomic mass is 32.2. The second kappa shape index (κ2) is 6.89. The molecule has 1 N–H and O–H groups in total. The molecule has 22 heavy (non-hydrogen) atoms. The Morgan fingerprint density at radius 3 is 2.27 bits per heavy atom. The molecule has 1 aromatic rings. The van der Waals surface area contributed by atoms with Crippen LogP contribution in [-0.2, 0) is 14.8 Å². The van der Waals surface area contributed by atoms with Crippen LogP contribution < -0.4 is 0 Å². The number of benzene rings is 1. The van der Waals surface area contributed by atoms with E-state index in [0.29, 0.717) is 0 Å². The van der Waals surface area contributed by atoms with Crippen LogP contribution in [0, 0.1) is 0 Å². The first-order valence-corrected chi connectivity index (χ1v) is 8.06. The molecule has 122 valence electrons. The smallest absolute Gasteiger partial charge is 0.318 e. The first-order chi connectivity index (χ1) is 10.1. The van der Waals surface area contributed by atoms with Crippen molar-refractivity contribution < 1.29 is 23.1 Å². The van der Waals surface area contributed by atoms with Crippen molar-refractivity contribution >= 4 is 21.9 Å². The number of amides is 1. The molecular weight excluding hydrogens is 308 g/mol. The fraction of sp³-hybridized carbons (Fsp3) is 0.429. The number of hydrogen-bond acceptors (Lipinski definition) is 4. The molecule has 0 saturated carbocycles. The van der Waals surface area contributed by atoms with E-state index in [1.807, 2.05) is 0 Å². The summed E-state index contributed by atoms with van der Waals surface area (Å²) in [6.45, 7) is 2.55. The first-order valence-electron chi connectivity index (χ1n) is 6.62. The van der Waals surface area contributed by atoms with Gasteiger partial charge in [0.2, 0.25) is 10.0 Å². The van der Waals surface area contributed by atoms with E-state index >= 15 is 0 Å². The number of aliphatic carboxylic acids is 1. The minimum atomic E-state index is -4.00. The molecule has 1 amide bonds. The van der Waals surface area contributed by atoms with Crippen LogP contribution in [0.4, 0.5) is 0 Å². The third-order valence-electron chi connectivity index (χ3n) is 2.96.